The number of halogens is 1. The largest absolute Gasteiger partial charge is 0.368 e. The zero-order chi connectivity index (χ0) is 25.3. The van der Waals surface area contributed by atoms with Crippen LogP contribution in [0, 0.1) is 0 Å². The molecule has 0 saturated carbocycles. The first-order valence-electron chi connectivity index (χ1n) is 11.8. The second-order valence-corrected chi connectivity index (χ2v) is 11.8. The van der Waals surface area contributed by atoms with Crippen LogP contribution in [0.5, 0.6) is 0 Å². The minimum absolute atomic E-state index is 0. The summed E-state index contributed by atoms with van der Waals surface area (Å²) in [5, 5.41) is 0.954. The van der Waals surface area contributed by atoms with Gasteiger partial charge in [0, 0.05) is 62.1 Å². The Labute approximate surface area is 221 Å². The predicted octanol–water partition coefficient (Wildman–Crippen LogP) is 3.73. The van der Waals surface area contributed by atoms with Gasteiger partial charge in [-0.2, -0.15) is 4.37 Å². The number of piperazine rings is 1. The standard InChI is InChI=1S/C24H27ClN6O3S2.H2/c1-17(31-10-2-3-18-15-19(25)4-9-22(18)31)23(32)30-13-11-29(12-14-30)20-5-7-21(8-6-20)36(33,34)28-24-26-16-27-35-24;/h4-9,15-17H,2-3,10-14H2,1H3,(H,26,27,28);1H. The number of nitrogens with one attached hydrogen (secondary N) is 1. The first-order valence-corrected chi connectivity index (χ1v) is 14.4. The Bertz CT molecular complexity index is 1330. The topological polar surface area (TPSA) is 98.7 Å². The van der Waals surface area contributed by atoms with Gasteiger partial charge in [0.05, 0.1) is 4.90 Å². The number of hydrogen-bond donors (Lipinski definition) is 1. The average molecular weight is 549 g/mol. The number of aryl methyl sites for hydroxylation is 1. The molecule has 1 aromatic heterocycles. The highest BCUT2D eigenvalue weighted by Crippen LogP contribution is 2.31. The summed E-state index contributed by atoms with van der Waals surface area (Å²) in [5.74, 6) is 0.127. The summed E-state index contributed by atoms with van der Waals surface area (Å²) >= 11 is 7.16. The molecule has 12 heteroatoms. The number of fused-ring (bicyclic) bond motifs is 1. The van der Waals surface area contributed by atoms with Crippen LogP contribution in [0.15, 0.2) is 53.7 Å². The molecule has 9 nitrogen and oxygen atoms in total. The number of carbonyl (C=O) groups is 1. The Morgan fingerprint density at radius 3 is 2.56 bits per heavy atom. The van der Waals surface area contributed by atoms with Gasteiger partial charge in [0.1, 0.15) is 12.4 Å². The number of aromatic nitrogens is 2. The second-order valence-electron chi connectivity index (χ2n) is 8.90. The molecule has 1 atom stereocenters. The molecule has 192 valence electrons. The minimum atomic E-state index is -3.72. The molecule has 1 unspecified atom stereocenters. The molecule has 3 aromatic rings. The number of sulfonamides is 1. The summed E-state index contributed by atoms with van der Waals surface area (Å²) in [5.41, 5.74) is 3.22. The van der Waals surface area contributed by atoms with E-state index in [4.69, 9.17) is 11.6 Å². The van der Waals surface area contributed by atoms with Gasteiger partial charge in [0.15, 0.2) is 0 Å². The van der Waals surface area contributed by atoms with Gasteiger partial charge in [-0.1, -0.05) is 11.6 Å². The van der Waals surface area contributed by atoms with Gasteiger partial charge in [-0.15, -0.1) is 0 Å². The van der Waals surface area contributed by atoms with Crippen LogP contribution in [-0.2, 0) is 21.2 Å². The Balaban J connectivity index is 0.00000320. The third-order valence-electron chi connectivity index (χ3n) is 6.71. The van der Waals surface area contributed by atoms with Gasteiger partial charge in [0.25, 0.3) is 10.0 Å². The van der Waals surface area contributed by atoms with Crippen molar-refractivity contribution in [3.05, 3.63) is 59.4 Å². The molecular formula is C24H29ClN6O3S2. The average Bonchev–Trinajstić information content (AvgIpc) is 3.40. The maximum absolute atomic E-state index is 13.4. The monoisotopic (exact) mass is 548 g/mol. The van der Waals surface area contributed by atoms with Crippen molar-refractivity contribution in [3.8, 4) is 0 Å². The molecule has 1 fully saturated rings. The first-order chi connectivity index (χ1) is 17.3. The second kappa shape index (κ2) is 10.2. The summed E-state index contributed by atoms with van der Waals surface area (Å²) in [4.78, 5) is 23.7. The van der Waals surface area contributed by atoms with E-state index in [0.29, 0.717) is 26.2 Å². The van der Waals surface area contributed by atoms with Crippen molar-refractivity contribution in [1.29, 1.82) is 0 Å². The highest BCUT2D eigenvalue weighted by molar-refractivity contribution is 7.93. The Hall–Kier alpha value is -2.89. The normalized spacial score (nSPS) is 17.0. The van der Waals surface area contributed by atoms with Crippen molar-refractivity contribution in [2.45, 2.75) is 30.7 Å². The fourth-order valence-corrected chi connectivity index (χ4v) is 6.66. The van der Waals surface area contributed by atoms with Crippen molar-refractivity contribution >= 4 is 55.6 Å². The number of benzene rings is 2. The summed E-state index contributed by atoms with van der Waals surface area (Å²) < 4.78 is 31.3. The molecule has 2 aliphatic rings. The zero-order valence-electron chi connectivity index (χ0n) is 19.8. The van der Waals surface area contributed by atoms with E-state index >= 15 is 0 Å². The van der Waals surface area contributed by atoms with Crippen LogP contribution < -0.4 is 14.5 Å². The van der Waals surface area contributed by atoms with E-state index in [1.165, 1.54) is 11.9 Å². The smallest absolute Gasteiger partial charge is 0.263 e. The van der Waals surface area contributed by atoms with Gasteiger partial charge in [-0.3, -0.25) is 9.52 Å². The summed E-state index contributed by atoms with van der Waals surface area (Å²) in [6.07, 6.45) is 3.28. The Morgan fingerprint density at radius 1 is 1.11 bits per heavy atom. The van der Waals surface area contributed by atoms with E-state index in [0.717, 1.165) is 47.3 Å². The number of anilines is 3. The number of nitrogens with zero attached hydrogens (tertiary/aromatic N) is 5. The summed E-state index contributed by atoms with van der Waals surface area (Å²) in [7, 11) is -3.72. The molecular weight excluding hydrogens is 520 g/mol. The molecule has 2 aromatic carbocycles. The molecule has 1 amide bonds. The maximum atomic E-state index is 13.4. The number of hydrogen-bond acceptors (Lipinski definition) is 8. The van der Waals surface area contributed by atoms with Gasteiger partial charge in [-0.25, -0.2) is 13.4 Å². The number of carbonyl (C=O) groups excluding carboxylic acids is 1. The summed E-state index contributed by atoms with van der Waals surface area (Å²) in [6.45, 7) is 5.42. The predicted molar refractivity (Wildman–Crippen MR) is 145 cm³/mol. The Morgan fingerprint density at radius 2 is 1.86 bits per heavy atom. The minimum Gasteiger partial charge on any atom is -0.368 e. The van der Waals surface area contributed by atoms with Crippen LogP contribution in [0.1, 0.15) is 20.3 Å². The van der Waals surface area contributed by atoms with Crippen molar-refractivity contribution in [1.82, 2.24) is 14.3 Å². The lowest BCUT2D eigenvalue weighted by Crippen LogP contribution is -2.55. The van der Waals surface area contributed by atoms with Crippen LogP contribution in [-0.4, -0.2) is 67.3 Å². The highest BCUT2D eigenvalue weighted by atomic mass is 35.5. The third kappa shape index (κ3) is 5.14. The van der Waals surface area contributed by atoms with Crippen molar-refractivity contribution < 1.29 is 14.6 Å². The van der Waals surface area contributed by atoms with Crippen molar-refractivity contribution in [2.24, 2.45) is 0 Å². The molecule has 2 aliphatic heterocycles. The van der Waals surface area contributed by atoms with Gasteiger partial charge in [-0.05, 0) is 67.8 Å². The quantitative estimate of drug-likeness (QED) is 0.501. The van der Waals surface area contributed by atoms with Crippen LogP contribution >= 0.6 is 23.1 Å². The van der Waals surface area contributed by atoms with E-state index in [1.807, 2.05) is 30.0 Å². The van der Waals surface area contributed by atoms with Gasteiger partial charge in [0.2, 0.25) is 11.0 Å². The number of rotatable bonds is 6. The molecule has 0 radical (unpaired) electrons. The molecule has 3 heterocycles. The van der Waals surface area contributed by atoms with Crippen LogP contribution in [0.25, 0.3) is 0 Å². The summed E-state index contributed by atoms with van der Waals surface area (Å²) in [6, 6.07) is 12.4. The Kier molecular flexibility index (Phi) is 7.05. The van der Waals surface area contributed by atoms with Crippen LogP contribution in [0.4, 0.5) is 16.5 Å². The fourth-order valence-electron chi connectivity index (χ4n) is 4.81. The van der Waals surface area contributed by atoms with E-state index in [2.05, 4.69) is 23.9 Å². The number of amides is 1. The van der Waals surface area contributed by atoms with Crippen molar-refractivity contribution in [3.63, 3.8) is 0 Å². The van der Waals surface area contributed by atoms with Crippen LogP contribution in [0.2, 0.25) is 5.02 Å². The molecule has 1 N–H and O–H groups in total. The lowest BCUT2D eigenvalue weighted by atomic mass is 10.00. The lowest BCUT2D eigenvalue weighted by Gasteiger charge is -2.41. The molecule has 0 spiro atoms. The SMILES string of the molecule is CC(C(=O)N1CCN(c2ccc(S(=O)(=O)Nc3ncns3)cc2)CC1)N1CCCc2cc(Cl)ccc21.[HH]. The molecule has 0 aliphatic carbocycles. The molecule has 36 heavy (non-hydrogen) atoms. The lowest BCUT2D eigenvalue weighted by molar-refractivity contribution is -0.132. The third-order valence-corrected chi connectivity index (χ3v) is 9.01. The van der Waals surface area contributed by atoms with Crippen LogP contribution in [0.3, 0.4) is 0 Å². The van der Waals surface area contributed by atoms with Crippen molar-refractivity contribution in [2.75, 3.05) is 47.2 Å². The van der Waals surface area contributed by atoms with Gasteiger partial charge >= 0.3 is 0 Å². The molecule has 0 bridgehead atoms. The first kappa shape index (κ1) is 24.8. The molecule has 1 saturated heterocycles. The van der Waals surface area contributed by atoms with E-state index in [9.17, 15) is 13.2 Å². The van der Waals surface area contributed by atoms with Gasteiger partial charge < -0.3 is 14.7 Å². The van der Waals surface area contributed by atoms with E-state index < -0.39 is 10.0 Å². The van der Waals surface area contributed by atoms with E-state index in [1.54, 1.807) is 24.3 Å². The van der Waals surface area contributed by atoms with E-state index in [-0.39, 0.29) is 23.4 Å². The highest BCUT2D eigenvalue weighted by Gasteiger charge is 2.31. The molecule has 5 rings (SSSR count). The zero-order valence-corrected chi connectivity index (χ0v) is 22.2. The fraction of sp³-hybridized carbons (Fsp3) is 0.375. The maximum Gasteiger partial charge on any atom is 0.263 e.